The maximum absolute atomic E-state index is 12.2. The minimum Gasteiger partial charge on any atom is -0.459 e. The standard InChI is InChI=1S/C20H24O7/c21-19(11-1-5-15-17(7-11)26-15)23-9-13-3-4-14(25-13)10-24-20(22)12-2-6-16-18(8-12)27-16/h3-4,11-12,15-18H,1-2,5-10H2. The van der Waals surface area contributed by atoms with E-state index in [0.29, 0.717) is 23.7 Å². The number of hydrogen-bond acceptors (Lipinski definition) is 7. The van der Waals surface area contributed by atoms with Gasteiger partial charge in [-0.3, -0.25) is 9.59 Å². The van der Waals surface area contributed by atoms with E-state index in [9.17, 15) is 9.59 Å². The summed E-state index contributed by atoms with van der Waals surface area (Å²) < 4.78 is 27.3. The zero-order chi connectivity index (χ0) is 18.4. The molecule has 5 rings (SSSR count). The average Bonchev–Trinajstić information content (AvgIpc) is 3.59. The van der Waals surface area contributed by atoms with Crippen molar-refractivity contribution >= 4 is 11.9 Å². The molecule has 0 radical (unpaired) electrons. The van der Waals surface area contributed by atoms with Gasteiger partial charge in [-0.15, -0.1) is 0 Å². The topological polar surface area (TPSA) is 90.8 Å². The Labute approximate surface area is 157 Å². The maximum Gasteiger partial charge on any atom is 0.309 e. The van der Waals surface area contributed by atoms with Gasteiger partial charge in [0.25, 0.3) is 0 Å². The third-order valence-electron chi connectivity index (χ3n) is 6.11. The molecule has 1 aromatic heterocycles. The second-order valence-electron chi connectivity index (χ2n) is 8.03. The number of carbonyl (C=O) groups is 2. The molecule has 6 unspecified atom stereocenters. The molecule has 146 valence electrons. The summed E-state index contributed by atoms with van der Waals surface area (Å²) in [6.07, 6.45) is 6.30. The molecule has 2 saturated heterocycles. The van der Waals surface area contributed by atoms with Gasteiger partial charge >= 0.3 is 11.9 Å². The van der Waals surface area contributed by atoms with Crippen LogP contribution >= 0.6 is 0 Å². The smallest absolute Gasteiger partial charge is 0.309 e. The van der Waals surface area contributed by atoms with Gasteiger partial charge in [-0.2, -0.15) is 0 Å². The lowest BCUT2D eigenvalue weighted by Crippen LogP contribution is -2.23. The summed E-state index contributed by atoms with van der Waals surface area (Å²) in [7, 11) is 0. The van der Waals surface area contributed by atoms with E-state index in [0.717, 1.165) is 38.5 Å². The zero-order valence-electron chi connectivity index (χ0n) is 15.1. The zero-order valence-corrected chi connectivity index (χ0v) is 15.1. The van der Waals surface area contributed by atoms with Gasteiger partial charge in [-0.05, 0) is 50.7 Å². The Morgan fingerprint density at radius 1 is 0.778 bits per heavy atom. The second kappa shape index (κ2) is 6.95. The highest BCUT2D eigenvalue weighted by Gasteiger charge is 2.47. The molecule has 0 bridgehead atoms. The van der Waals surface area contributed by atoms with Crippen LogP contribution in [-0.4, -0.2) is 36.4 Å². The highest BCUT2D eigenvalue weighted by atomic mass is 16.6. The minimum atomic E-state index is -0.189. The number of esters is 2. The van der Waals surface area contributed by atoms with E-state index in [2.05, 4.69) is 0 Å². The molecule has 0 spiro atoms. The fraction of sp³-hybridized carbons (Fsp3) is 0.700. The van der Waals surface area contributed by atoms with Crippen LogP contribution in [0.1, 0.15) is 50.0 Å². The Hall–Kier alpha value is -1.86. The summed E-state index contributed by atoms with van der Waals surface area (Å²) in [6, 6.07) is 3.50. The van der Waals surface area contributed by atoms with Gasteiger partial charge in [-0.25, -0.2) is 0 Å². The third kappa shape index (κ3) is 3.89. The van der Waals surface area contributed by atoms with Crippen LogP contribution in [0.3, 0.4) is 0 Å². The van der Waals surface area contributed by atoms with Gasteiger partial charge < -0.3 is 23.4 Å². The third-order valence-corrected chi connectivity index (χ3v) is 6.11. The van der Waals surface area contributed by atoms with E-state index < -0.39 is 0 Å². The normalized spacial score (nSPS) is 36.3. The van der Waals surface area contributed by atoms with Crippen molar-refractivity contribution in [2.75, 3.05) is 0 Å². The first-order valence-corrected chi connectivity index (χ1v) is 9.87. The molecular weight excluding hydrogens is 352 g/mol. The van der Waals surface area contributed by atoms with E-state index >= 15 is 0 Å². The van der Waals surface area contributed by atoms with Crippen LogP contribution in [-0.2, 0) is 41.8 Å². The van der Waals surface area contributed by atoms with Crippen LogP contribution in [0.15, 0.2) is 16.5 Å². The lowest BCUT2D eigenvalue weighted by molar-refractivity contribution is -0.151. The van der Waals surface area contributed by atoms with Crippen molar-refractivity contribution in [2.24, 2.45) is 11.8 Å². The van der Waals surface area contributed by atoms with Gasteiger partial charge in [0.2, 0.25) is 0 Å². The first-order valence-electron chi connectivity index (χ1n) is 9.87. The summed E-state index contributed by atoms with van der Waals surface area (Å²) in [5, 5.41) is 0. The maximum atomic E-state index is 12.2. The molecule has 0 aromatic carbocycles. The van der Waals surface area contributed by atoms with Gasteiger partial charge in [-0.1, -0.05) is 0 Å². The molecule has 4 aliphatic rings. The highest BCUT2D eigenvalue weighted by molar-refractivity contribution is 5.73. The summed E-state index contributed by atoms with van der Waals surface area (Å²) in [4.78, 5) is 24.3. The lowest BCUT2D eigenvalue weighted by atomic mass is 9.89. The molecule has 2 saturated carbocycles. The Kier molecular flexibility index (Phi) is 4.44. The van der Waals surface area contributed by atoms with Crippen LogP contribution in [0, 0.1) is 11.8 Å². The fourth-order valence-corrected chi connectivity index (χ4v) is 4.33. The molecule has 6 atom stereocenters. The van der Waals surface area contributed by atoms with Gasteiger partial charge in [0.05, 0.1) is 36.3 Å². The first kappa shape index (κ1) is 17.3. The summed E-state index contributed by atoms with van der Waals surface area (Å²) in [6.45, 7) is 0.197. The molecule has 3 heterocycles. The van der Waals surface area contributed by atoms with E-state index in [1.54, 1.807) is 12.1 Å². The SMILES string of the molecule is O=C(OCc1ccc(COC(=O)C2CCC3OC3C2)o1)C1CCC2OC2C1. The Bertz CT molecular complexity index is 667. The Balaban J connectivity index is 1.05. The predicted octanol–water partition coefficient (Wildman–Crippen LogP) is 2.50. The van der Waals surface area contributed by atoms with Crippen LogP contribution in [0.25, 0.3) is 0 Å². The molecule has 27 heavy (non-hydrogen) atoms. The van der Waals surface area contributed by atoms with Crippen LogP contribution in [0.4, 0.5) is 0 Å². The molecule has 2 aliphatic heterocycles. The summed E-state index contributed by atoms with van der Waals surface area (Å²) in [5.74, 6) is 0.581. The highest BCUT2D eigenvalue weighted by Crippen LogP contribution is 2.40. The summed E-state index contributed by atoms with van der Waals surface area (Å²) in [5.41, 5.74) is 0. The number of epoxide rings is 2. The van der Waals surface area contributed by atoms with E-state index in [-0.39, 0.29) is 49.2 Å². The average molecular weight is 376 g/mol. The second-order valence-corrected chi connectivity index (χ2v) is 8.03. The van der Waals surface area contributed by atoms with Gasteiger partial charge in [0.1, 0.15) is 24.7 Å². The Morgan fingerprint density at radius 3 is 1.70 bits per heavy atom. The number of ether oxygens (including phenoxy) is 4. The molecule has 4 fully saturated rings. The molecular formula is C20H24O7. The van der Waals surface area contributed by atoms with E-state index in [1.807, 2.05) is 0 Å². The van der Waals surface area contributed by atoms with Crippen molar-refractivity contribution in [3.63, 3.8) is 0 Å². The van der Waals surface area contributed by atoms with Crippen molar-refractivity contribution in [1.29, 1.82) is 0 Å². The minimum absolute atomic E-state index is 0.0744. The number of fused-ring (bicyclic) bond motifs is 2. The Morgan fingerprint density at radius 2 is 1.26 bits per heavy atom. The van der Waals surface area contributed by atoms with Crippen molar-refractivity contribution in [2.45, 2.75) is 76.2 Å². The van der Waals surface area contributed by atoms with Crippen molar-refractivity contribution in [3.8, 4) is 0 Å². The van der Waals surface area contributed by atoms with Crippen LogP contribution in [0.5, 0.6) is 0 Å². The largest absolute Gasteiger partial charge is 0.459 e. The lowest BCUT2D eigenvalue weighted by Gasteiger charge is -2.17. The molecule has 2 aliphatic carbocycles. The van der Waals surface area contributed by atoms with Crippen molar-refractivity contribution in [1.82, 2.24) is 0 Å². The fourth-order valence-electron chi connectivity index (χ4n) is 4.33. The quantitative estimate of drug-likeness (QED) is 0.556. The van der Waals surface area contributed by atoms with E-state index in [4.69, 9.17) is 23.4 Å². The number of carbonyl (C=O) groups excluding carboxylic acids is 2. The van der Waals surface area contributed by atoms with E-state index in [1.165, 1.54) is 0 Å². The molecule has 7 nitrogen and oxygen atoms in total. The number of hydrogen-bond donors (Lipinski definition) is 0. The molecule has 0 amide bonds. The first-order chi connectivity index (χ1) is 13.2. The van der Waals surface area contributed by atoms with Crippen LogP contribution in [0.2, 0.25) is 0 Å². The summed E-state index contributed by atoms with van der Waals surface area (Å²) >= 11 is 0. The van der Waals surface area contributed by atoms with Gasteiger partial charge in [0.15, 0.2) is 0 Å². The van der Waals surface area contributed by atoms with Crippen molar-refractivity contribution < 1.29 is 33.0 Å². The predicted molar refractivity (Wildman–Crippen MR) is 90.3 cm³/mol. The molecule has 1 aromatic rings. The van der Waals surface area contributed by atoms with Gasteiger partial charge in [0, 0.05) is 0 Å². The number of rotatable bonds is 6. The monoisotopic (exact) mass is 376 g/mol. The van der Waals surface area contributed by atoms with Crippen LogP contribution < -0.4 is 0 Å². The molecule has 7 heteroatoms. The van der Waals surface area contributed by atoms with Crippen molar-refractivity contribution in [3.05, 3.63) is 23.7 Å². The number of furan rings is 1. The molecule has 0 N–H and O–H groups in total.